The smallest absolute Gasteiger partial charge is 0.251 e. The molecule has 0 aliphatic heterocycles. The van der Waals surface area contributed by atoms with Crippen molar-refractivity contribution in [3.05, 3.63) is 29.3 Å². The molecule has 0 unspecified atom stereocenters. The molecule has 82 valence electrons. The fraction of sp³-hybridized carbons (Fsp3) is 0.364. The molecule has 0 aliphatic rings. The molecule has 0 fully saturated rings. The molecule has 1 aromatic carbocycles. The number of amides is 1. The summed E-state index contributed by atoms with van der Waals surface area (Å²) in [5.41, 5.74) is 7.66. The minimum absolute atomic E-state index is 0.0796. The Morgan fingerprint density at radius 3 is 2.93 bits per heavy atom. The highest BCUT2D eigenvalue weighted by atomic mass is 16.3. The number of rotatable bonds is 4. The summed E-state index contributed by atoms with van der Waals surface area (Å²) < 4.78 is 0. The molecule has 0 atom stereocenters. The zero-order valence-electron chi connectivity index (χ0n) is 8.79. The van der Waals surface area contributed by atoms with Crippen LogP contribution in [-0.2, 0) is 0 Å². The van der Waals surface area contributed by atoms with Crippen molar-refractivity contribution < 1.29 is 9.90 Å². The molecular weight excluding hydrogens is 192 g/mol. The lowest BCUT2D eigenvalue weighted by molar-refractivity contribution is 0.0950. The Morgan fingerprint density at radius 1 is 1.53 bits per heavy atom. The normalized spacial score (nSPS) is 10.0. The fourth-order valence-electron chi connectivity index (χ4n) is 1.26. The summed E-state index contributed by atoms with van der Waals surface area (Å²) in [5.74, 6) is -0.145. The number of aryl methyl sites for hydroxylation is 1. The van der Waals surface area contributed by atoms with E-state index in [0.29, 0.717) is 24.2 Å². The van der Waals surface area contributed by atoms with Gasteiger partial charge in [0, 0.05) is 24.4 Å². The molecule has 1 aromatic rings. The predicted molar refractivity (Wildman–Crippen MR) is 59.6 cm³/mol. The lowest BCUT2D eigenvalue weighted by Gasteiger charge is -2.07. The highest BCUT2D eigenvalue weighted by Gasteiger charge is 2.07. The van der Waals surface area contributed by atoms with Crippen molar-refractivity contribution in [1.82, 2.24) is 5.32 Å². The van der Waals surface area contributed by atoms with Crippen LogP contribution < -0.4 is 11.1 Å². The maximum Gasteiger partial charge on any atom is 0.251 e. The van der Waals surface area contributed by atoms with Crippen LogP contribution in [0.3, 0.4) is 0 Å². The van der Waals surface area contributed by atoms with E-state index in [0.717, 1.165) is 5.56 Å². The first kappa shape index (κ1) is 11.5. The van der Waals surface area contributed by atoms with Crippen LogP contribution in [-0.4, -0.2) is 24.2 Å². The Hall–Kier alpha value is -1.55. The number of nitrogens with two attached hydrogens (primary N) is 1. The second kappa shape index (κ2) is 5.36. The number of nitrogen functional groups attached to an aromatic ring is 1. The molecule has 4 N–H and O–H groups in total. The maximum absolute atomic E-state index is 11.6. The Balaban J connectivity index is 2.68. The number of anilines is 1. The van der Waals surface area contributed by atoms with Gasteiger partial charge in [-0.25, -0.2) is 0 Å². The molecule has 0 aliphatic carbocycles. The van der Waals surface area contributed by atoms with Crippen molar-refractivity contribution in [3.8, 4) is 0 Å². The second-order valence-electron chi connectivity index (χ2n) is 3.41. The summed E-state index contributed by atoms with van der Waals surface area (Å²) in [6.45, 7) is 2.42. The number of benzene rings is 1. The minimum atomic E-state index is -0.145. The van der Waals surface area contributed by atoms with E-state index in [2.05, 4.69) is 5.32 Å². The van der Waals surface area contributed by atoms with Gasteiger partial charge in [0.05, 0.1) is 0 Å². The molecule has 4 heteroatoms. The van der Waals surface area contributed by atoms with E-state index in [1.807, 2.05) is 13.0 Å². The Morgan fingerprint density at radius 2 is 2.27 bits per heavy atom. The van der Waals surface area contributed by atoms with E-state index < -0.39 is 0 Å². The number of carbonyl (C=O) groups is 1. The van der Waals surface area contributed by atoms with Crippen LogP contribution in [0.25, 0.3) is 0 Å². The summed E-state index contributed by atoms with van der Waals surface area (Å²) in [6.07, 6.45) is 0.563. The van der Waals surface area contributed by atoms with Gasteiger partial charge in [-0.05, 0) is 31.0 Å². The third-order valence-electron chi connectivity index (χ3n) is 2.13. The summed E-state index contributed by atoms with van der Waals surface area (Å²) in [4.78, 5) is 11.6. The van der Waals surface area contributed by atoms with Crippen molar-refractivity contribution in [1.29, 1.82) is 0 Å². The average Bonchev–Trinajstić information content (AvgIpc) is 2.22. The topological polar surface area (TPSA) is 75.4 Å². The van der Waals surface area contributed by atoms with Crippen LogP contribution in [0.5, 0.6) is 0 Å². The number of hydrogen-bond donors (Lipinski definition) is 3. The zero-order chi connectivity index (χ0) is 11.3. The molecular formula is C11H16N2O2. The van der Waals surface area contributed by atoms with Crippen LogP contribution >= 0.6 is 0 Å². The first-order valence-corrected chi connectivity index (χ1v) is 4.90. The van der Waals surface area contributed by atoms with Gasteiger partial charge >= 0.3 is 0 Å². The van der Waals surface area contributed by atoms with Gasteiger partial charge in [0.25, 0.3) is 5.91 Å². The molecule has 15 heavy (non-hydrogen) atoms. The van der Waals surface area contributed by atoms with Crippen molar-refractivity contribution in [2.45, 2.75) is 13.3 Å². The SMILES string of the molecule is Cc1ccc(N)cc1C(=O)NCCCO. The van der Waals surface area contributed by atoms with Gasteiger partial charge in [-0.3, -0.25) is 4.79 Å². The standard InChI is InChI=1S/C11H16N2O2/c1-8-3-4-9(12)7-10(8)11(15)13-5-2-6-14/h3-4,7,14H,2,5-6,12H2,1H3,(H,13,15). The van der Waals surface area contributed by atoms with Gasteiger partial charge in [0.1, 0.15) is 0 Å². The molecule has 4 nitrogen and oxygen atoms in total. The molecule has 0 bridgehead atoms. The Kier molecular flexibility index (Phi) is 4.12. The van der Waals surface area contributed by atoms with Gasteiger partial charge in [-0.1, -0.05) is 6.07 Å². The molecule has 0 spiro atoms. The van der Waals surface area contributed by atoms with Gasteiger partial charge in [-0.2, -0.15) is 0 Å². The molecule has 0 saturated carbocycles. The van der Waals surface area contributed by atoms with Crippen LogP contribution in [0.15, 0.2) is 18.2 Å². The lowest BCUT2D eigenvalue weighted by Crippen LogP contribution is -2.25. The van der Waals surface area contributed by atoms with Crippen LogP contribution in [0.4, 0.5) is 5.69 Å². The molecule has 0 radical (unpaired) electrons. The summed E-state index contributed by atoms with van der Waals surface area (Å²) in [5, 5.41) is 11.3. The van der Waals surface area contributed by atoms with Gasteiger partial charge in [-0.15, -0.1) is 0 Å². The van der Waals surface area contributed by atoms with Crippen LogP contribution in [0.1, 0.15) is 22.3 Å². The van der Waals surface area contributed by atoms with E-state index in [9.17, 15) is 4.79 Å². The third-order valence-corrected chi connectivity index (χ3v) is 2.13. The van der Waals surface area contributed by atoms with E-state index in [1.54, 1.807) is 12.1 Å². The lowest BCUT2D eigenvalue weighted by atomic mass is 10.1. The van der Waals surface area contributed by atoms with Crippen molar-refractivity contribution in [3.63, 3.8) is 0 Å². The van der Waals surface area contributed by atoms with Crippen molar-refractivity contribution in [2.24, 2.45) is 0 Å². The number of aliphatic hydroxyl groups is 1. The van der Waals surface area contributed by atoms with Crippen LogP contribution in [0.2, 0.25) is 0 Å². The highest BCUT2D eigenvalue weighted by Crippen LogP contribution is 2.12. The Bertz CT molecular complexity index is 350. The predicted octanol–water partition coefficient (Wildman–Crippen LogP) is 0.689. The van der Waals surface area contributed by atoms with Gasteiger partial charge < -0.3 is 16.2 Å². The quantitative estimate of drug-likeness (QED) is 0.503. The van der Waals surface area contributed by atoms with E-state index >= 15 is 0 Å². The molecule has 0 heterocycles. The maximum atomic E-state index is 11.6. The highest BCUT2D eigenvalue weighted by molar-refractivity contribution is 5.96. The minimum Gasteiger partial charge on any atom is -0.399 e. The summed E-state index contributed by atoms with van der Waals surface area (Å²) in [6, 6.07) is 5.24. The number of nitrogens with one attached hydrogen (secondary N) is 1. The van der Waals surface area contributed by atoms with Gasteiger partial charge in [0.15, 0.2) is 0 Å². The van der Waals surface area contributed by atoms with E-state index in [-0.39, 0.29) is 12.5 Å². The van der Waals surface area contributed by atoms with Gasteiger partial charge in [0.2, 0.25) is 0 Å². The number of hydrogen-bond acceptors (Lipinski definition) is 3. The molecule has 0 aromatic heterocycles. The largest absolute Gasteiger partial charge is 0.399 e. The third kappa shape index (κ3) is 3.25. The average molecular weight is 208 g/mol. The van der Waals surface area contributed by atoms with E-state index in [1.165, 1.54) is 0 Å². The first-order chi connectivity index (χ1) is 7.15. The second-order valence-corrected chi connectivity index (χ2v) is 3.41. The van der Waals surface area contributed by atoms with Crippen molar-refractivity contribution >= 4 is 11.6 Å². The number of carbonyl (C=O) groups excluding carboxylic acids is 1. The monoisotopic (exact) mass is 208 g/mol. The molecule has 0 saturated heterocycles. The summed E-state index contributed by atoms with van der Waals surface area (Å²) >= 11 is 0. The van der Waals surface area contributed by atoms with E-state index in [4.69, 9.17) is 10.8 Å². The van der Waals surface area contributed by atoms with Crippen LogP contribution in [0, 0.1) is 6.92 Å². The first-order valence-electron chi connectivity index (χ1n) is 4.90. The Labute approximate surface area is 89.1 Å². The van der Waals surface area contributed by atoms with Crippen molar-refractivity contribution in [2.75, 3.05) is 18.9 Å². The molecule has 1 rings (SSSR count). The molecule has 1 amide bonds. The number of aliphatic hydroxyl groups excluding tert-OH is 1. The summed E-state index contributed by atoms with van der Waals surface area (Å²) in [7, 11) is 0. The zero-order valence-corrected chi connectivity index (χ0v) is 8.79. The fourth-order valence-corrected chi connectivity index (χ4v) is 1.26.